The third-order valence-corrected chi connectivity index (χ3v) is 6.98. The smallest absolute Gasteiger partial charge is 0.0361 e. The summed E-state index contributed by atoms with van der Waals surface area (Å²) in [5, 5.41) is 0. The monoisotopic (exact) mass is 277 g/mol. The maximum absolute atomic E-state index is 6.36. The van der Waals surface area contributed by atoms with Gasteiger partial charge in [-0.05, 0) is 64.0 Å². The number of nitrogens with zero attached hydrogens (tertiary/aromatic N) is 2. The molecule has 4 aliphatic rings. The fourth-order valence-electron chi connectivity index (χ4n) is 5.87. The van der Waals surface area contributed by atoms with Crippen LogP contribution in [0.5, 0.6) is 0 Å². The first-order valence-corrected chi connectivity index (χ1v) is 9.03. The molecule has 0 bridgehead atoms. The van der Waals surface area contributed by atoms with E-state index in [0.717, 1.165) is 24.5 Å². The van der Waals surface area contributed by atoms with Crippen molar-refractivity contribution in [1.29, 1.82) is 0 Å². The molecule has 3 aliphatic heterocycles. The van der Waals surface area contributed by atoms with Crippen molar-refractivity contribution in [2.24, 2.45) is 11.7 Å². The number of nitrogens with two attached hydrogens (primary N) is 1. The first-order valence-electron chi connectivity index (χ1n) is 9.03. The Bertz CT molecular complexity index is 358. The summed E-state index contributed by atoms with van der Waals surface area (Å²) in [4.78, 5) is 5.65. The SMILES string of the molecule is NCC1(N2CCC3CCCCC32)CCN2CCCC2C1. The van der Waals surface area contributed by atoms with E-state index in [1.165, 1.54) is 77.4 Å². The summed E-state index contributed by atoms with van der Waals surface area (Å²) in [6.07, 6.45) is 12.8. The van der Waals surface area contributed by atoms with E-state index in [1.807, 2.05) is 0 Å². The van der Waals surface area contributed by atoms with E-state index < -0.39 is 0 Å². The van der Waals surface area contributed by atoms with Gasteiger partial charge in [0, 0.05) is 30.7 Å². The number of hydrogen-bond acceptors (Lipinski definition) is 3. The zero-order valence-electron chi connectivity index (χ0n) is 12.9. The Morgan fingerprint density at radius 3 is 2.75 bits per heavy atom. The average molecular weight is 277 g/mol. The van der Waals surface area contributed by atoms with Gasteiger partial charge in [0.15, 0.2) is 0 Å². The standard InChI is InChI=1S/C17H31N3/c18-13-17(8-11-19-9-3-5-15(19)12-17)20-10-7-14-4-1-2-6-16(14)20/h14-16H,1-13,18H2. The van der Waals surface area contributed by atoms with Crippen molar-refractivity contribution in [3.8, 4) is 0 Å². The van der Waals surface area contributed by atoms with Crippen LogP contribution in [0.2, 0.25) is 0 Å². The van der Waals surface area contributed by atoms with E-state index in [0.29, 0.717) is 5.54 Å². The van der Waals surface area contributed by atoms with Crippen LogP contribution in [0.4, 0.5) is 0 Å². The van der Waals surface area contributed by atoms with Gasteiger partial charge in [0.25, 0.3) is 0 Å². The molecule has 4 fully saturated rings. The fourth-order valence-corrected chi connectivity index (χ4v) is 5.87. The summed E-state index contributed by atoms with van der Waals surface area (Å²) in [6, 6.07) is 1.72. The van der Waals surface area contributed by atoms with Crippen LogP contribution in [-0.2, 0) is 0 Å². The van der Waals surface area contributed by atoms with E-state index in [1.54, 1.807) is 0 Å². The summed E-state index contributed by atoms with van der Waals surface area (Å²) in [7, 11) is 0. The number of hydrogen-bond donors (Lipinski definition) is 1. The lowest BCUT2D eigenvalue weighted by Gasteiger charge is -2.52. The van der Waals surface area contributed by atoms with E-state index >= 15 is 0 Å². The Morgan fingerprint density at radius 1 is 0.950 bits per heavy atom. The molecule has 3 heteroatoms. The van der Waals surface area contributed by atoms with Crippen LogP contribution in [0.1, 0.15) is 57.8 Å². The maximum Gasteiger partial charge on any atom is 0.0361 e. The molecule has 1 aliphatic carbocycles. The van der Waals surface area contributed by atoms with Gasteiger partial charge in [-0.2, -0.15) is 0 Å². The van der Waals surface area contributed by atoms with Gasteiger partial charge in [-0.1, -0.05) is 12.8 Å². The topological polar surface area (TPSA) is 32.5 Å². The average Bonchev–Trinajstić information content (AvgIpc) is 3.12. The summed E-state index contributed by atoms with van der Waals surface area (Å²) in [5.74, 6) is 0.994. The maximum atomic E-state index is 6.36. The third-order valence-electron chi connectivity index (χ3n) is 6.98. The lowest BCUT2D eigenvalue weighted by molar-refractivity contribution is -0.00992. The summed E-state index contributed by atoms with van der Waals surface area (Å²) in [5.41, 5.74) is 6.71. The molecule has 3 heterocycles. The van der Waals surface area contributed by atoms with Crippen LogP contribution in [0.15, 0.2) is 0 Å². The van der Waals surface area contributed by atoms with E-state index in [-0.39, 0.29) is 0 Å². The second-order valence-electron chi connectivity index (χ2n) is 7.81. The lowest BCUT2D eigenvalue weighted by Crippen LogP contribution is -2.62. The van der Waals surface area contributed by atoms with Crippen molar-refractivity contribution < 1.29 is 0 Å². The zero-order valence-corrected chi connectivity index (χ0v) is 12.9. The molecule has 0 spiro atoms. The molecule has 0 aromatic rings. The third kappa shape index (κ3) is 2.05. The van der Waals surface area contributed by atoms with Crippen LogP contribution in [0.3, 0.4) is 0 Å². The minimum Gasteiger partial charge on any atom is -0.329 e. The van der Waals surface area contributed by atoms with Gasteiger partial charge in [0.05, 0.1) is 0 Å². The second kappa shape index (κ2) is 5.26. The number of piperidine rings is 1. The summed E-state index contributed by atoms with van der Waals surface area (Å²) < 4.78 is 0. The Kier molecular flexibility index (Phi) is 3.56. The van der Waals surface area contributed by atoms with Gasteiger partial charge in [0.1, 0.15) is 0 Å². The van der Waals surface area contributed by atoms with E-state index in [9.17, 15) is 0 Å². The molecule has 4 rings (SSSR count). The number of rotatable bonds is 2. The molecular weight excluding hydrogens is 246 g/mol. The lowest BCUT2D eigenvalue weighted by atomic mass is 9.78. The van der Waals surface area contributed by atoms with Gasteiger partial charge >= 0.3 is 0 Å². The van der Waals surface area contributed by atoms with Gasteiger partial charge in [0.2, 0.25) is 0 Å². The molecule has 4 unspecified atom stereocenters. The molecule has 1 saturated carbocycles. The van der Waals surface area contributed by atoms with Gasteiger partial charge < -0.3 is 10.6 Å². The van der Waals surface area contributed by atoms with Crippen LogP contribution >= 0.6 is 0 Å². The highest BCUT2D eigenvalue weighted by Crippen LogP contribution is 2.45. The minimum absolute atomic E-state index is 0.349. The van der Waals surface area contributed by atoms with Crippen LogP contribution < -0.4 is 5.73 Å². The Hall–Kier alpha value is -0.120. The Balaban J connectivity index is 1.55. The van der Waals surface area contributed by atoms with Crippen molar-refractivity contribution >= 4 is 0 Å². The quantitative estimate of drug-likeness (QED) is 0.840. The number of fused-ring (bicyclic) bond motifs is 2. The Morgan fingerprint density at radius 2 is 1.85 bits per heavy atom. The molecular formula is C17H31N3. The molecule has 4 atom stereocenters. The van der Waals surface area contributed by atoms with Crippen molar-refractivity contribution in [2.45, 2.75) is 75.4 Å². The first kappa shape index (κ1) is 13.5. The molecule has 0 radical (unpaired) electrons. The Labute approximate surface area is 123 Å². The van der Waals surface area contributed by atoms with Gasteiger partial charge in [-0.15, -0.1) is 0 Å². The largest absolute Gasteiger partial charge is 0.329 e. The highest BCUT2D eigenvalue weighted by atomic mass is 15.3. The predicted molar refractivity (Wildman–Crippen MR) is 82.7 cm³/mol. The van der Waals surface area contributed by atoms with Crippen molar-refractivity contribution in [2.75, 3.05) is 26.2 Å². The van der Waals surface area contributed by atoms with E-state index in [4.69, 9.17) is 5.73 Å². The normalized spacial score (nSPS) is 46.4. The fraction of sp³-hybridized carbons (Fsp3) is 1.00. The molecule has 3 saturated heterocycles. The number of likely N-dealkylation sites (tertiary alicyclic amines) is 1. The predicted octanol–water partition coefficient (Wildman–Crippen LogP) is 2.21. The molecule has 2 N–H and O–H groups in total. The molecule has 0 amide bonds. The molecule has 3 nitrogen and oxygen atoms in total. The highest BCUT2D eigenvalue weighted by Gasteiger charge is 2.50. The van der Waals surface area contributed by atoms with Crippen LogP contribution in [0.25, 0.3) is 0 Å². The summed E-state index contributed by atoms with van der Waals surface area (Å²) in [6.45, 7) is 4.87. The van der Waals surface area contributed by atoms with Crippen molar-refractivity contribution in [3.05, 3.63) is 0 Å². The van der Waals surface area contributed by atoms with E-state index in [2.05, 4.69) is 9.80 Å². The van der Waals surface area contributed by atoms with Crippen LogP contribution in [0, 0.1) is 5.92 Å². The van der Waals surface area contributed by atoms with Crippen molar-refractivity contribution in [1.82, 2.24) is 9.80 Å². The zero-order chi connectivity index (χ0) is 13.6. The van der Waals surface area contributed by atoms with Crippen molar-refractivity contribution in [3.63, 3.8) is 0 Å². The molecule has 20 heavy (non-hydrogen) atoms. The molecule has 0 aromatic carbocycles. The first-order chi connectivity index (χ1) is 9.82. The molecule has 0 aromatic heterocycles. The highest BCUT2D eigenvalue weighted by molar-refractivity contribution is 5.06. The minimum atomic E-state index is 0.349. The summed E-state index contributed by atoms with van der Waals surface area (Å²) >= 11 is 0. The van der Waals surface area contributed by atoms with Gasteiger partial charge in [-0.3, -0.25) is 4.90 Å². The molecule has 114 valence electrons. The van der Waals surface area contributed by atoms with Crippen LogP contribution in [-0.4, -0.2) is 53.6 Å². The second-order valence-corrected chi connectivity index (χ2v) is 7.81. The van der Waals surface area contributed by atoms with Gasteiger partial charge in [-0.25, -0.2) is 0 Å².